The number of hydrogen-bond acceptors (Lipinski definition) is 2. The molecular weight excluding hydrogens is 252 g/mol. The van der Waals surface area contributed by atoms with Crippen molar-refractivity contribution in [1.82, 2.24) is 4.98 Å². The molecule has 100 valence electrons. The van der Waals surface area contributed by atoms with Gasteiger partial charge in [0.05, 0.1) is 0 Å². The first-order valence-corrected chi connectivity index (χ1v) is 5.81. The van der Waals surface area contributed by atoms with Crippen LogP contribution in [0.15, 0.2) is 29.2 Å². The highest BCUT2D eigenvalue weighted by atomic mass is 19.2. The molecule has 2 rings (SSSR count). The first kappa shape index (κ1) is 13.3. The summed E-state index contributed by atoms with van der Waals surface area (Å²) in [5, 5.41) is 9.81. The van der Waals surface area contributed by atoms with Crippen LogP contribution in [0.1, 0.15) is 25.3 Å². The number of rotatable bonds is 2. The van der Waals surface area contributed by atoms with Crippen LogP contribution in [-0.4, -0.2) is 10.1 Å². The van der Waals surface area contributed by atoms with Gasteiger partial charge in [-0.3, -0.25) is 4.79 Å². The van der Waals surface area contributed by atoms with Gasteiger partial charge in [0.2, 0.25) is 5.56 Å². The fourth-order valence-corrected chi connectivity index (χ4v) is 2.00. The monoisotopic (exact) mass is 265 g/mol. The van der Waals surface area contributed by atoms with Crippen molar-refractivity contribution in [3.63, 3.8) is 0 Å². The number of pyridine rings is 1. The molecule has 0 bridgehead atoms. The molecule has 0 saturated carbocycles. The lowest BCUT2D eigenvalue weighted by molar-refractivity contribution is 0.437. The van der Waals surface area contributed by atoms with Crippen LogP contribution in [0.4, 0.5) is 8.78 Å². The topological polar surface area (TPSA) is 53.1 Å². The Labute approximate surface area is 108 Å². The van der Waals surface area contributed by atoms with Gasteiger partial charge in [0.1, 0.15) is 5.75 Å². The zero-order valence-corrected chi connectivity index (χ0v) is 10.5. The predicted octanol–water partition coefficient (Wildman–Crippen LogP) is 3.15. The Morgan fingerprint density at radius 1 is 1.21 bits per heavy atom. The molecule has 0 saturated heterocycles. The normalized spacial score (nSPS) is 11.0. The summed E-state index contributed by atoms with van der Waals surface area (Å²) in [5.41, 5.74) is -0.410. The van der Waals surface area contributed by atoms with E-state index in [0.29, 0.717) is 0 Å². The molecule has 5 heteroatoms. The molecule has 2 aromatic rings. The van der Waals surface area contributed by atoms with Crippen LogP contribution in [0.3, 0.4) is 0 Å². The zero-order valence-electron chi connectivity index (χ0n) is 10.5. The first-order chi connectivity index (χ1) is 8.91. The third-order valence-corrected chi connectivity index (χ3v) is 2.89. The zero-order chi connectivity index (χ0) is 14.2. The lowest BCUT2D eigenvalue weighted by atomic mass is 9.96. The lowest BCUT2D eigenvalue weighted by Crippen LogP contribution is -2.04. The molecular formula is C14H13F2NO2. The van der Waals surface area contributed by atoms with Crippen LogP contribution in [0.5, 0.6) is 5.75 Å². The number of benzene rings is 1. The molecule has 1 aromatic heterocycles. The summed E-state index contributed by atoms with van der Waals surface area (Å²) in [7, 11) is 0. The predicted molar refractivity (Wildman–Crippen MR) is 68.2 cm³/mol. The summed E-state index contributed by atoms with van der Waals surface area (Å²) < 4.78 is 28.0. The van der Waals surface area contributed by atoms with Crippen molar-refractivity contribution in [1.29, 1.82) is 0 Å². The maximum absolute atomic E-state index is 14.0. The second kappa shape index (κ2) is 4.84. The Morgan fingerprint density at radius 2 is 1.89 bits per heavy atom. The van der Waals surface area contributed by atoms with Gasteiger partial charge in [-0.1, -0.05) is 13.8 Å². The number of aromatic amines is 1. The number of phenolic OH excluding ortho intramolecular Hbond substituents is 1. The van der Waals surface area contributed by atoms with Crippen LogP contribution >= 0.6 is 0 Å². The van der Waals surface area contributed by atoms with Crippen molar-refractivity contribution in [2.75, 3.05) is 0 Å². The minimum atomic E-state index is -1.08. The van der Waals surface area contributed by atoms with Crippen LogP contribution in [-0.2, 0) is 0 Å². The first-order valence-electron chi connectivity index (χ1n) is 5.81. The highest BCUT2D eigenvalue weighted by Gasteiger charge is 2.21. The van der Waals surface area contributed by atoms with Gasteiger partial charge < -0.3 is 10.1 Å². The lowest BCUT2D eigenvalue weighted by Gasteiger charge is -2.13. The molecule has 0 aliphatic heterocycles. The second-order valence-corrected chi connectivity index (χ2v) is 4.58. The SMILES string of the molecule is CC(C)c1c(O)cc(-c2cc[nH]c(=O)c2)c(F)c1F. The Balaban J connectivity index is 2.70. The highest BCUT2D eigenvalue weighted by molar-refractivity contribution is 5.66. The van der Waals surface area contributed by atoms with Crippen LogP contribution < -0.4 is 5.56 Å². The summed E-state index contributed by atoms with van der Waals surface area (Å²) in [4.78, 5) is 13.6. The fourth-order valence-electron chi connectivity index (χ4n) is 2.00. The van der Waals surface area contributed by atoms with E-state index < -0.39 is 17.2 Å². The fraction of sp³-hybridized carbons (Fsp3) is 0.214. The van der Waals surface area contributed by atoms with Gasteiger partial charge >= 0.3 is 0 Å². The minimum absolute atomic E-state index is 0.0638. The number of H-pyrrole nitrogens is 1. The summed E-state index contributed by atoms with van der Waals surface area (Å²) in [6.45, 7) is 3.31. The number of phenols is 1. The molecule has 0 unspecified atom stereocenters. The van der Waals surface area contributed by atoms with Crippen LogP contribution in [0, 0.1) is 11.6 Å². The van der Waals surface area contributed by atoms with Crippen LogP contribution in [0.2, 0.25) is 0 Å². The number of halogens is 2. The third kappa shape index (κ3) is 2.36. The summed E-state index contributed by atoms with van der Waals surface area (Å²) in [6, 6.07) is 3.72. The average molecular weight is 265 g/mol. The van der Waals surface area contributed by atoms with E-state index >= 15 is 0 Å². The number of nitrogens with one attached hydrogen (secondary N) is 1. The van der Waals surface area contributed by atoms with Crippen molar-refractivity contribution < 1.29 is 13.9 Å². The molecule has 0 aliphatic rings. The van der Waals surface area contributed by atoms with E-state index in [0.717, 1.165) is 12.1 Å². The minimum Gasteiger partial charge on any atom is -0.508 e. The van der Waals surface area contributed by atoms with E-state index in [1.807, 2.05) is 0 Å². The molecule has 0 amide bonds. The molecule has 0 fully saturated rings. The van der Waals surface area contributed by atoms with Crippen molar-refractivity contribution in [2.45, 2.75) is 19.8 Å². The van der Waals surface area contributed by atoms with E-state index in [1.165, 1.54) is 12.3 Å². The van der Waals surface area contributed by atoms with Gasteiger partial charge in [-0.25, -0.2) is 8.78 Å². The van der Waals surface area contributed by atoms with Crippen molar-refractivity contribution >= 4 is 0 Å². The smallest absolute Gasteiger partial charge is 0.248 e. The largest absolute Gasteiger partial charge is 0.508 e. The van der Waals surface area contributed by atoms with Gasteiger partial charge in [-0.05, 0) is 23.6 Å². The number of aromatic hydroxyl groups is 1. The number of hydrogen-bond donors (Lipinski definition) is 2. The van der Waals surface area contributed by atoms with E-state index in [1.54, 1.807) is 13.8 Å². The van der Waals surface area contributed by atoms with E-state index in [9.17, 15) is 18.7 Å². The quantitative estimate of drug-likeness (QED) is 0.876. The molecule has 2 N–H and O–H groups in total. The van der Waals surface area contributed by atoms with Crippen molar-refractivity contribution in [2.24, 2.45) is 0 Å². The van der Waals surface area contributed by atoms with Gasteiger partial charge in [0.15, 0.2) is 11.6 Å². The third-order valence-electron chi connectivity index (χ3n) is 2.89. The Hall–Kier alpha value is -2.17. The number of aromatic nitrogens is 1. The molecule has 0 aliphatic carbocycles. The second-order valence-electron chi connectivity index (χ2n) is 4.58. The maximum Gasteiger partial charge on any atom is 0.248 e. The van der Waals surface area contributed by atoms with Gasteiger partial charge in [-0.2, -0.15) is 0 Å². The van der Waals surface area contributed by atoms with E-state index in [2.05, 4.69) is 4.98 Å². The summed E-state index contributed by atoms with van der Waals surface area (Å²) >= 11 is 0. The van der Waals surface area contributed by atoms with Crippen molar-refractivity contribution in [3.8, 4) is 16.9 Å². The Morgan fingerprint density at radius 3 is 2.47 bits per heavy atom. The highest BCUT2D eigenvalue weighted by Crippen LogP contribution is 2.35. The molecule has 0 radical (unpaired) electrons. The van der Waals surface area contributed by atoms with Gasteiger partial charge in [0, 0.05) is 23.4 Å². The molecule has 3 nitrogen and oxygen atoms in total. The maximum atomic E-state index is 14.0. The summed E-state index contributed by atoms with van der Waals surface area (Å²) in [5.74, 6) is -2.80. The van der Waals surface area contributed by atoms with Crippen molar-refractivity contribution in [3.05, 3.63) is 51.9 Å². The van der Waals surface area contributed by atoms with Gasteiger partial charge in [0.25, 0.3) is 0 Å². The standard InChI is InChI=1S/C14H13F2NO2/c1-7(2)12-10(18)6-9(13(15)14(12)16)8-3-4-17-11(19)5-8/h3-7,18H,1-2H3,(H,17,19). The van der Waals surface area contributed by atoms with E-state index in [-0.39, 0.29) is 28.4 Å². The molecule has 19 heavy (non-hydrogen) atoms. The van der Waals surface area contributed by atoms with E-state index in [4.69, 9.17) is 0 Å². The Kier molecular flexibility index (Phi) is 3.38. The summed E-state index contributed by atoms with van der Waals surface area (Å²) in [6.07, 6.45) is 1.34. The van der Waals surface area contributed by atoms with Crippen LogP contribution in [0.25, 0.3) is 11.1 Å². The molecule has 1 heterocycles. The molecule has 0 atom stereocenters. The van der Waals surface area contributed by atoms with Gasteiger partial charge in [-0.15, -0.1) is 0 Å². The molecule has 1 aromatic carbocycles. The molecule has 0 spiro atoms. The average Bonchev–Trinajstić information content (AvgIpc) is 2.33. The Bertz CT molecular complexity index is 678.